The molecule has 1 aromatic heterocycles. The molecule has 6 heteroatoms. The van der Waals surface area contributed by atoms with Crippen molar-refractivity contribution in [2.45, 2.75) is 20.4 Å². The highest BCUT2D eigenvalue weighted by molar-refractivity contribution is 7.80. The standard InChI is InChI=1S/C18H26N4OS/c1-12-8-13(2)15-10-14(17(23)20-16(15)9-12)11-22(18(24)19-3)7-6-21(4)5/h8-10H,6-7,11H2,1-5H3,(H,19,24)(H,20,23)/p+1. The minimum atomic E-state index is -0.0476. The molecule has 3 N–H and O–H groups in total. The Balaban J connectivity index is 2.37. The molecule has 0 spiro atoms. The van der Waals surface area contributed by atoms with Crippen LogP contribution in [0, 0.1) is 13.8 Å². The van der Waals surface area contributed by atoms with Gasteiger partial charge in [0.05, 0.1) is 33.7 Å². The number of H-pyrrole nitrogens is 1. The molecule has 130 valence electrons. The number of quaternary nitrogens is 1. The number of benzene rings is 1. The molecule has 5 nitrogen and oxygen atoms in total. The van der Waals surface area contributed by atoms with Crippen LogP contribution < -0.4 is 15.8 Å². The van der Waals surface area contributed by atoms with Gasteiger partial charge in [-0.15, -0.1) is 0 Å². The first kappa shape index (κ1) is 18.4. The minimum absolute atomic E-state index is 0.0476. The molecule has 0 radical (unpaired) electrons. The number of nitrogens with one attached hydrogen (secondary N) is 3. The summed E-state index contributed by atoms with van der Waals surface area (Å²) in [6.07, 6.45) is 0. The van der Waals surface area contributed by atoms with Gasteiger partial charge >= 0.3 is 0 Å². The Hall–Kier alpha value is -1.92. The molecule has 0 aliphatic rings. The van der Waals surface area contributed by atoms with Crippen LogP contribution in [0.2, 0.25) is 0 Å². The lowest BCUT2D eigenvalue weighted by Gasteiger charge is -2.25. The van der Waals surface area contributed by atoms with Crippen molar-refractivity contribution in [3.05, 3.63) is 45.2 Å². The zero-order chi connectivity index (χ0) is 17.9. The van der Waals surface area contributed by atoms with E-state index in [-0.39, 0.29) is 5.56 Å². The third kappa shape index (κ3) is 4.33. The van der Waals surface area contributed by atoms with Crippen molar-refractivity contribution >= 4 is 28.2 Å². The number of hydrogen-bond donors (Lipinski definition) is 3. The molecular formula is C18H27N4OS+. The number of fused-ring (bicyclic) bond motifs is 1. The topological polar surface area (TPSA) is 52.6 Å². The molecule has 0 amide bonds. The van der Waals surface area contributed by atoms with Gasteiger partial charge in [0.2, 0.25) is 0 Å². The van der Waals surface area contributed by atoms with Gasteiger partial charge in [-0.05, 0) is 49.3 Å². The summed E-state index contributed by atoms with van der Waals surface area (Å²) < 4.78 is 0. The van der Waals surface area contributed by atoms with Crippen LogP contribution in [0.3, 0.4) is 0 Å². The van der Waals surface area contributed by atoms with Crippen molar-refractivity contribution in [2.24, 2.45) is 0 Å². The molecule has 0 unspecified atom stereocenters. The van der Waals surface area contributed by atoms with Crippen molar-refractivity contribution in [2.75, 3.05) is 34.2 Å². The number of likely N-dealkylation sites (N-methyl/N-ethyl adjacent to an activating group) is 1. The van der Waals surface area contributed by atoms with E-state index in [4.69, 9.17) is 12.2 Å². The van der Waals surface area contributed by atoms with Gasteiger partial charge in [-0.1, -0.05) is 6.07 Å². The maximum atomic E-state index is 12.5. The van der Waals surface area contributed by atoms with Gasteiger partial charge in [0.25, 0.3) is 5.56 Å². The average Bonchev–Trinajstić information content (AvgIpc) is 2.51. The Morgan fingerprint density at radius 3 is 2.62 bits per heavy atom. The third-order valence-electron chi connectivity index (χ3n) is 4.13. The lowest BCUT2D eigenvalue weighted by Crippen LogP contribution is -3.06. The molecule has 2 rings (SSSR count). The summed E-state index contributed by atoms with van der Waals surface area (Å²) in [6, 6.07) is 6.14. The maximum absolute atomic E-state index is 12.5. The molecule has 0 bridgehead atoms. The van der Waals surface area contributed by atoms with Gasteiger partial charge in [-0.2, -0.15) is 0 Å². The first-order valence-electron chi connectivity index (χ1n) is 8.20. The summed E-state index contributed by atoms with van der Waals surface area (Å²) in [7, 11) is 6.03. The first-order valence-corrected chi connectivity index (χ1v) is 8.61. The zero-order valence-electron chi connectivity index (χ0n) is 15.1. The lowest BCUT2D eigenvalue weighted by atomic mass is 10.0. The fourth-order valence-corrected chi connectivity index (χ4v) is 2.96. The molecule has 2 aromatic rings. The molecule has 0 saturated heterocycles. The van der Waals surface area contributed by atoms with Gasteiger partial charge in [-0.25, -0.2) is 0 Å². The monoisotopic (exact) mass is 347 g/mol. The smallest absolute Gasteiger partial charge is 0.253 e. The van der Waals surface area contributed by atoms with Gasteiger partial charge in [0.1, 0.15) is 0 Å². The predicted octanol–water partition coefficient (Wildman–Crippen LogP) is 0.596. The van der Waals surface area contributed by atoms with Gasteiger partial charge in [0.15, 0.2) is 5.11 Å². The maximum Gasteiger partial charge on any atom is 0.253 e. The van der Waals surface area contributed by atoms with Crippen LogP contribution in [0.1, 0.15) is 16.7 Å². The van der Waals surface area contributed by atoms with E-state index in [1.807, 2.05) is 31.0 Å². The van der Waals surface area contributed by atoms with Crippen molar-refractivity contribution in [3.63, 3.8) is 0 Å². The van der Waals surface area contributed by atoms with Crippen LogP contribution >= 0.6 is 12.2 Å². The van der Waals surface area contributed by atoms with Gasteiger partial charge in [0, 0.05) is 23.5 Å². The molecule has 1 aromatic carbocycles. The van der Waals surface area contributed by atoms with E-state index in [1.54, 1.807) is 0 Å². The molecule has 24 heavy (non-hydrogen) atoms. The molecule has 1 heterocycles. The van der Waals surface area contributed by atoms with E-state index in [1.165, 1.54) is 10.5 Å². The molecule has 0 fully saturated rings. The second kappa shape index (κ2) is 7.77. The zero-order valence-corrected chi connectivity index (χ0v) is 15.9. The third-order valence-corrected chi connectivity index (χ3v) is 4.60. The number of aromatic nitrogens is 1. The first-order chi connectivity index (χ1) is 11.3. The van der Waals surface area contributed by atoms with Gasteiger partial charge in [-0.3, -0.25) is 4.79 Å². The molecule has 0 saturated carbocycles. The highest BCUT2D eigenvalue weighted by Gasteiger charge is 2.14. The number of pyridine rings is 1. The van der Waals surface area contributed by atoms with Crippen LogP contribution in [0.15, 0.2) is 23.0 Å². The minimum Gasteiger partial charge on any atom is -0.366 e. The van der Waals surface area contributed by atoms with Crippen molar-refractivity contribution in [3.8, 4) is 0 Å². The molecule has 0 aliphatic carbocycles. The Morgan fingerprint density at radius 1 is 1.29 bits per heavy atom. The largest absolute Gasteiger partial charge is 0.366 e. The van der Waals surface area contributed by atoms with Crippen LogP contribution in [-0.2, 0) is 6.54 Å². The van der Waals surface area contributed by atoms with E-state index >= 15 is 0 Å². The molecular weight excluding hydrogens is 320 g/mol. The number of nitrogens with zero attached hydrogens (tertiary/aromatic N) is 1. The summed E-state index contributed by atoms with van der Waals surface area (Å²) in [4.78, 5) is 18.9. The Kier molecular flexibility index (Phi) is 5.96. The SMILES string of the molecule is CNC(=S)N(CC[NH+](C)C)Cc1cc2c(C)cc(C)cc2[nH]c1=O. The van der Waals surface area contributed by atoms with Crippen LogP contribution in [-0.4, -0.2) is 49.2 Å². The van der Waals surface area contributed by atoms with E-state index < -0.39 is 0 Å². The molecule has 0 aliphatic heterocycles. The van der Waals surface area contributed by atoms with Gasteiger partial charge < -0.3 is 20.1 Å². The van der Waals surface area contributed by atoms with Crippen molar-refractivity contribution < 1.29 is 4.90 Å². The highest BCUT2D eigenvalue weighted by atomic mass is 32.1. The van der Waals surface area contributed by atoms with E-state index in [9.17, 15) is 4.79 Å². The van der Waals surface area contributed by atoms with Crippen molar-refractivity contribution in [1.29, 1.82) is 0 Å². The fraction of sp³-hybridized carbons (Fsp3) is 0.444. The van der Waals surface area contributed by atoms with E-state index in [2.05, 4.69) is 37.4 Å². The summed E-state index contributed by atoms with van der Waals surface area (Å²) >= 11 is 5.40. The summed E-state index contributed by atoms with van der Waals surface area (Å²) in [6.45, 7) is 6.36. The summed E-state index contributed by atoms with van der Waals surface area (Å²) in [5.74, 6) is 0. The molecule has 0 atom stereocenters. The van der Waals surface area contributed by atoms with E-state index in [0.29, 0.717) is 11.7 Å². The Morgan fingerprint density at radius 2 is 2.00 bits per heavy atom. The predicted molar refractivity (Wildman–Crippen MR) is 104 cm³/mol. The Bertz CT molecular complexity index is 797. The number of thiocarbonyl (C=S) groups is 1. The number of rotatable bonds is 5. The van der Waals surface area contributed by atoms with Crippen LogP contribution in [0.5, 0.6) is 0 Å². The van der Waals surface area contributed by atoms with Crippen LogP contribution in [0.25, 0.3) is 10.9 Å². The summed E-state index contributed by atoms with van der Waals surface area (Å²) in [5.41, 5.74) is 3.90. The average molecular weight is 348 g/mol. The highest BCUT2D eigenvalue weighted by Crippen LogP contribution is 2.18. The second-order valence-electron chi connectivity index (χ2n) is 6.60. The quantitative estimate of drug-likeness (QED) is 0.693. The second-order valence-corrected chi connectivity index (χ2v) is 6.99. The normalized spacial score (nSPS) is 11.1. The number of aromatic amines is 1. The lowest BCUT2D eigenvalue weighted by molar-refractivity contribution is -0.857. The fourth-order valence-electron chi connectivity index (χ4n) is 2.81. The van der Waals surface area contributed by atoms with E-state index in [0.717, 1.165) is 35.1 Å². The number of aryl methyl sites for hydroxylation is 2. The van der Waals surface area contributed by atoms with Crippen molar-refractivity contribution in [1.82, 2.24) is 15.2 Å². The summed E-state index contributed by atoms with van der Waals surface area (Å²) in [5, 5.41) is 4.77. The van der Waals surface area contributed by atoms with Crippen LogP contribution in [0.4, 0.5) is 0 Å². The Labute approximate surface area is 148 Å². The number of hydrogen-bond acceptors (Lipinski definition) is 2.